The van der Waals surface area contributed by atoms with Crippen LogP contribution in [0, 0.1) is 0 Å². The van der Waals surface area contributed by atoms with Gasteiger partial charge in [-0.25, -0.2) is 10.8 Å². The van der Waals surface area contributed by atoms with E-state index < -0.39 is 0 Å². The minimum atomic E-state index is 0.733. The monoisotopic (exact) mass is 249 g/mol. The summed E-state index contributed by atoms with van der Waals surface area (Å²) in [5.41, 5.74) is 3.67. The highest BCUT2D eigenvalue weighted by Crippen LogP contribution is 2.09. The molecule has 1 aliphatic heterocycles. The minimum absolute atomic E-state index is 0.733. The average Bonchev–Trinajstić information content (AvgIpc) is 2.42. The summed E-state index contributed by atoms with van der Waals surface area (Å²) < 4.78 is 0. The first kappa shape index (κ1) is 13.3. The molecule has 0 spiro atoms. The van der Waals surface area contributed by atoms with Crippen molar-refractivity contribution in [3.63, 3.8) is 0 Å². The molecule has 1 fully saturated rings. The molecule has 1 aromatic rings. The molecule has 1 aliphatic rings. The fraction of sp³-hybridized carbons (Fsp3) is 0.615. The maximum atomic E-state index is 5.37. The topological polar surface area (TPSA) is 57.4 Å². The number of anilines is 1. The lowest BCUT2D eigenvalue weighted by Gasteiger charge is -2.34. The molecule has 0 bridgehead atoms. The van der Waals surface area contributed by atoms with Crippen molar-refractivity contribution in [2.45, 2.75) is 19.9 Å². The van der Waals surface area contributed by atoms with Crippen LogP contribution in [0.1, 0.15) is 19.0 Å². The summed E-state index contributed by atoms with van der Waals surface area (Å²) >= 11 is 0. The smallest absolute Gasteiger partial charge is 0.140 e. The van der Waals surface area contributed by atoms with Crippen LogP contribution in [0.25, 0.3) is 0 Å². The quantitative estimate of drug-likeness (QED) is 0.600. The number of hydrogen-bond donors (Lipinski definition) is 2. The van der Waals surface area contributed by atoms with Gasteiger partial charge in [-0.15, -0.1) is 0 Å². The van der Waals surface area contributed by atoms with Crippen molar-refractivity contribution < 1.29 is 0 Å². The van der Waals surface area contributed by atoms with E-state index in [2.05, 4.69) is 33.2 Å². The first-order valence-corrected chi connectivity index (χ1v) is 6.69. The van der Waals surface area contributed by atoms with Gasteiger partial charge in [0.15, 0.2) is 0 Å². The van der Waals surface area contributed by atoms with Gasteiger partial charge in [0.1, 0.15) is 5.82 Å². The first-order valence-electron chi connectivity index (χ1n) is 6.69. The summed E-state index contributed by atoms with van der Waals surface area (Å²) in [7, 11) is 0. The predicted octanol–water partition coefficient (Wildman–Crippen LogP) is 0.895. The van der Waals surface area contributed by atoms with Gasteiger partial charge in [0.2, 0.25) is 0 Å². The first-order chi connectivity index (χ1) is 8.81. The molecule has 0 amide bonds. The van der Waals surface area contributed by atoms with Crippen LogP contribution in [0.4, 0.5) is 5.82 Å². The van der Waals surface area contributed by atoms with Crippen LogP contribution in [0.2, 0.25) is 0 Å². The van der Waals surface area contributed by atoms with E-state index in [0.29, 0.717) is 0 Å². The second-order valence-corrected chi connectivity index (χ2v) is 4.78. The molecule has 0 atom stereocenters. The Labute approximate surface area is 109 Å². The average molecular weight is 249 g/mol. The van der Waals surface area contributed by atoms with Gasteiger partial charge in [0.25, 0.3) is 0 Å². The van der Waals surface area contributed by atoms with Crippen molar-refractivity contribution in [1.29, 1.82) is 0 Å². The molecule has 5 heteroatoms. The molecule has 2 rings (SSSR count). The van der Waals surface area contributed by atoms with Crippen LogP contribution in [0.3, 0.4) is 0 Å². The molecule has 3 N–H and O–H groups in total. The second kappa shape index (κ2) is 6.68. The molecule has 2 heterocycles. The summed E-state index contributed by atoms with van der Waals surface area (Å²) in [5, 5.41) is 0. The van der Waals surface area contributed by atoms with E-state index in [1.165, 1.54) is 26.1 Å². The standard InChI is InChI=1S/C13H23N5/c1-2-6-17-7-9-18(10-8-17)11-12-4-3-5-13(15-12)16-14/h3-5H,2,6-11,14H2,1H3,(H,15,16). The molecule has 100 valence electrons. The van der Waals surface area contributed by atoms with E-state index in [-0.39, 0.29) is 0 Å². The van der Waals surface area contributed by atoms with Crippen molar-refractivity contribution >= 4 is 5.82 Å². The van der Waals surface area contributed by atoms with Crippen LogP contribution >= 0.6 is 0 Å². The summed E-state index contributed by atoms with van der Waals surface area (Å²) in [4.78, 5) is 9.43. The Morgan fingerprint density at radius 3 is 2.61 bits per heavy atom. The van der Waals surface area contributed by atoms with E-state index in [4.69, 9.17) is 5.84 Å². The molecule has 1 saturated heterocycles. The van der Waals surface area contributed by atoms with E-state index in [0.717, 1.165) is 31.1 Å². The number of rotatable bonds is 5. The lowest BCUT2D eigenvalue weighted by Crippen LogP contribution is -2.46. The van der Waals surface area contributed by atoms with Gasteiger partial charge in [0.05, 0.1) is 5.69 Å². The number of pyridine rings is 1. The third kappa shape index (κ3) is 3.66. The van der Waals surface area contributed by atoms with E-state index in [1.807, 2.05) is 12.1 Å². The number of nitrogens with two attached hydrogens (primary N) is 1. The van der Waals surface area contributed by atoms with Gasteiger partial charge >= 0.3 is 0 Å². The predicted molar refractivity (Wildman–Crippen MR) is 74.1 cm³/mol. The molecule has 0 aromatic carbocycles. The van der Waals surface area contributed by atoms with Crippen LogP contribution in [0.15, 0.2) is 18.2 Å². The van der Waals surface area contributed by atoms with Crippen molar-refractivity contribution in [2.75, 3.05) is 38.1 Å². The second-order valence-electron chi connectivity index (χ2n) is 4.78. The fourth-order valence-corrected chi connectivity index (χ4v) is 2.36. The van der Waals surface area contributed by atoms with Gasteiger partial charge in [-0.1, -0.05) is 13.0 Å². The molecular formula is C13H23N5. The van der Waals surface area contributed by atoms with Gasteiger partial charge in [-0.3, -0.25) is 4.90 Å². The third-order valence-electron chi connectivity index (χ3n) is 3.34. The van der Waals surface area contributed by atoms with Gasteiger partial charge in [-0.2, -0.15) is 0 Å². The zero-order valence-corrected chi connectivity index (χ0v) is 11.1. The third-order valence-corrected chi connectivity index (χ3v) is 3.34. The number of nitrogen functional groups attached to an aromatic ring is 1. The maximum Gasteiger partial charge on any atom is 0.140 e. The lowest BCUT2D eigenvalue weighted by molar-refractivity contribution is 0.126. The Morgan fingerprint density at radius 1 is 1.22 bits per heavy atom. The Hall–Kier alpha value is -1.17. The van der Waals surface area contributed by atoms with Crippen LogP contribution in [0.5, 0.6) is 0 Å². The largest absolute Gasteiger partial charge is 0.308 e. The minimum Gasteiger partial charge on any atom is -0.308 e. The number of hydrazine groups is 1. The normalized spacial score (nSPS) is 17.9. The van der Waals surface area contributed by atoms with Gasteiger partial charge in [-0.05, 0) is 25.1 Å². The summed E-state index contributed by atoms with van der Waals surface area (Å²) in [6, 6.07) is 5.92. The number of aromatic nitrogens is 1. The summed E-state index contributed by atoms with van der Waals surface area (Å²) in [6.45, 7) is 8.96. The lowest BCUT2D eigenvalue weighted by atomic mass is 10.2. The highest BCUT2D eigenvalue weighted by atomic mass is 15.3. The Morgan fingerprint density at radius 2 is 1.94 bits per heavy atom. The van der Waals surface area contributed by atoms with Crippen LogP contribution in [-0.4, -0.2) is 47.5 Å². The molecule has 1 aromatic heterocycles. The number of nitrogens with one attached hydrogen (secondary N) is 1. The molecule has 0 unspecified atom stereocenters. The van der Waals surface area contributed by atoms with Gasteiger partial charge in [0, 0.05) is 32.7 Å². The Bertz CT molecular complexity index is 360. The summed E-state index contributed by atoms with van der Waals surface area (Å²) in [5.74, 6) is 6.10. The van der Waals surface area contributed by atoms with Crippen LogP contribution < -0.4 is 11.3 Å². The summed E-state index contributed by atoms with van der Waals surface area (Å²) in [6.07, 6.45) is 1.24. The molecule has 0 aliphatic carbocycles. The molecule has 5 nitrogen and oxygen atoms in total. The SMILES string of the molecule is CCCN1CCN(Cc2cccc(NN)n2)CC1. The van der Waals surface area contributed by atoms with Crippen LogP contribution in [-0.2, 0) is 6.54 Å². The highest BCUT2D eigenvalue weighted by Gasteiger charge is 2.16. The Kier molecular flexibility index (Phi) is 4.92. The highest BCUT2D eigenvalue weighted by molar-refractivity contribution is 5.33. The van der Waals surface area contributed by atoms with E-state index >= 15 is 0 Å². The number of nitrogens with zero attached hydrogens (tertiary/aromatic N) is 3. The molecule has 18 heavy (non-hydrogen) atoms. The molecule has 0 radical (unpaired) electrons. The van der Waals surface area contributed by atoms with Gasteiger partial charge < -0.3 is 10.3 Å². The van der Waals surface area contributed by atoms with E-state index in [9.17, 15) is 0 Å². The Balaban J connectivity index is 1.83. The van der Waals surface area contributed by atoms with E-state index in [1.54, 1.807) is 0 Å². The number of piperazine rings is 1. The maximum absolute atomic E-state index is 5.37. The van der Waals surface area contributed by atoms with Crippen molar-refractivity contribution in [3.8, 4) is 0 Å². The van der Waals surface area contributed by atoms with Crippen molar-refractivity contribution in [3.05, 3.63) is 23.9 Å². The molecular weight excluding hydrogens is 226 g/mol. The zero-order chi connectivity index (χ0) is 12.8. The number of hydrogen-bond acceptors (Lipinski definition) is 5. The fourth-order valence-electron chi connectivity index (χ4n) is 2.36. The zero-order valence-electron chi connectivity index (χ0n) is 11.1. The van der Waals surface area contributed by atoms with Crippen molar-refractivity contribution in [1.82, 2.24) is 14.8 Å². The van der Waals surface area contributed by atoms with Crippen molar-refractivity contribution in [2.24, 2.45) is 5.84 Å². The molecule has 0 saturated carbocycles.